The zero-order valence-electron chi connectivity index (χ0n) is 11.2. The van der Waals surface area contributed by atoms with Crippen molar-refractivity contribution in [3.05, 3.63) is 41.0 Å². The zero-order valence-corrected chi connectivity index (χ0v) is 11.9. The van der Waals surface area contributed by atoms with E-state index in [4.69, 9.17) is 11.6 Å². The van der Waals surface area contributed by atoms with Gasteiger partial charge in [0.25, 0.3) is 5.91 Å². The number of nitrogens with zero attached hydrogens (tertiary/aromatic N) is 2. The largest absolute Gasteiger partial charge is 0.342 e. The van der Waals surface area contributed by atoms with Crippen LogP contribution in [0.4, 0.5) is 0 Å². The molecule has 0 spiro atoms. The molecule has 0 fully saturated rings. The molecule has 1 heterocycles. The van der Waals surface area contributed by atoms with Crippen molar-refractivity contribution >= 4 is 28.4 Å². The standard InChI is InChI=1S/C15H17ClN2O/c1-3-4-7-18(2)15(19)12-8-11-5-6-13(16)9-14(11)17-10-12/h5-6,8-10H,3-4,7H2,1-2H3. The molecule has 2 aromatic rings. The normalized spacial score (nSPS) is 10.7. The predicted molar refractivity (Wildman–Crippen MR) is 78.6 cm³/mol. The fourth-order valence-corrected chi connectivity index (χ4v) is 2.10. The number of carbonyl (C=O) groups is 1. The van der Waals surface area contributed by atoms with Gasteiger partial charge in [0, 0.05) is 30.2 Å². The van der Waals surface area contributed by atoms with Gasteiger partial charge in [0.15, 0.2) is 0 Å². The lowest BCUT2D eigenvalue weighted by molar-refractivity contribution is 0.0793. The van der Waals surface area contributed by atoms with Gasteiger partial charge in [-0.1, -0.05) is 31.0 Å². The van der Waals surface area contributed by atoms with Crippen LogP contribution < -0.4 is 0 Å². The Hall–Kier alpha value is -1.61. The van der Waals surface area contributed by atoms with E-state index >= 15 is 0 Å². The average molecular weight is 277 g/mol. The number of rotatable bonds is 4. The Bertz CT molecular complexity index is 598. The number of halogens is 1. The third kappa shape index (κ3) is 3.24. The molecule has 2 rings (SSSR count). The van der Waals surface area contributed by atoms with E-state index < -0.39 is 0 Å². The maximum absolute atomic E-state index is 12.2. The van der Waals surface area contributed by atoms with Crippen LogP contribution in [0, 0.1) is 0 Å². The van der Waals surface area contributed by atoms with Crippen LogP contribution in [-0.4, -0.2) is 29.4 Å². The Balaban J connectivity index is 2.25. The van der Waals surface area contributed by atoms with Gasteiger partial charge in [-0.2, -0.15) is 0 Å². The first-order chi connectivity index (χ1) is 9.11. The van der Waals surface area contributed by atoms with Crippen LogP contribution in [0.5, 0.6) is 0 Å². The molecule has 1 amide bonds. The van der Waals surface area contributed by atoms with Crippen molar-refractivity contribution in [2.24, 2.45) is 0 Å². The van der Waals surface area contributed by atoms with Gasteiger partial charge in [0.2, 0.25) is 0 Å². The molecule has 0 aliphatic rings. The van der Waals surface area contributed by atoms with Crippen molar-refractivity contribution in [1.29, 1.82) is 0 Å². The smallest absolute Gasteiger partial charge is 0.255 e. The number of aromatic nitrogens is 1. The molecule has 4 heteroatoms. The van der Waals surface area contributed by atoms with Gasteiger partial charge in [0.1, 0.15) is 0 Å². The van der Waals surface area contributed by atoms with E-state index in [-0.39, 0.29) is 5.91 Å². The summed E-state index contributed by atoms with van der Waals surface area (Å²) in [6.45, 7) is 2.88. The molecule has 0 saturated heterocycles. The lowest BCUT2D eigenvalue weighted by Gasteiger charge is -2.16. The topological polar surface area (TPSA) is 33.2 Å². The quantitative estimate of drug-likeness (QED) is 0.852. The first kappa shape index (κ1) is 13.8. The van der Waals surface area contributed by atoms with Gasteiger partial charge in [-0.05, 0) is 24.6 Å². The molecule has 19 heavy (non-hydrogen) atoms. The minimum absolute atomic E-state index is 0.0119. The minimum atomic E-state index is 0.0119. The van der Waals surface area contributed by atoms with E-state index in [1.54, 1.807) is 23.2 Å². The minimum Gasteiger partial charge on any atom is -0.342 e. The molecule has 0 unspecified atom stereocenters. The fraction of sp³-hybridized carbons (Fsp3) is 0.333. The van der Waals surface area contributed by atoms with Gasteiger partial charge < -0.3 is 4.90 Å². The molecule has 0 bridgehead atoms. The summed E-state index contributed by atoms with van der Waals surface area (Å²) in [7, 11) is 1.82. The number of amides is 1. The van der Waals surface area contributed by atoms with Crippen LogP contribution in [-0.2, 0) is 0 Å². The highest BCUT2D eigenvalue weighted by Gasteiger charge is 2.12. The molecule has 100 valence electrons. The number of unbranched alkanes of at least 4 members (excludes halogenated alkanes) is 1. The predicted octanol–water partition coefficient (Wildman–Crippen LogP) is 3.76. The molecule has 0 saturated carbocycles. The summed E-state index contributed by atoms with van der Waals surface area (Å²) in [5.41, 5.74) is 1.42. The molecule has 1 aromatic carbocycles. The van der Waals surface area contributed by atoms with Gasteiger partial charge >= 0.3 is 0 Å². The molecular weight excluding hydrogens is 260 g/mol. The Kier molecular flexibility index (Phi) is 4.38. The summed E-state index contributed by atoms with van der Waals surface area (Å²) in [5, 5.41) is 1.58. The van der Waals surface area contributed by atoms with Crippen molar-refractivity contribution < 1.29 is 4.79 Å². The second kappa shape index (κ2) is 6.02. The van der Waals surface area contributed by atoms with Crippen LogP contribution in [0.1, 0.15) is 30.1 Å². The fourth-order valence-electron chi connectivity index (χ4n) is 1.93. The van der Waals surface area contributed by atoms with Crippen molar-refractivity contribution in [2.45, 2.75) is 19.8 Å². The first-order valence-corrected chi connectivity index (χ1v) is 6.80. The van der Waals surface area contributed by atoms with E-state index in [2.05, 4.69) is 11.9 Å². The van der Waals surface area contributed by atoms with Gasteiger partial charge in [-0.15, -0.1) is 0 Å². The van der Waals surface area contributed by atoms with Gasteiger partial charge in [0.05, 0.1) is 11.1 Å². The molecule has 0 aliphatic carbocycles. The summed E-state index contributed by atoms with van der Waals surface area (Å²) >= 11 is 5.91. The van der Waals surface area contributed by atoms with Crippen molar-refractivity contribution in [1.82, 2.24) is 9.88 Å². The number of hydrogen-bond donors (Lipinski definition) is 0. The van der Waals surface area contributed by atoms with Crippen LogP contribution in [0.3, 0.4) is 0 Å². The highest BCUT2D eigenvalue weighted by molar-refractivity contribution is 6.31. The maximum atomic E-state index is 12.2. The Morgan fingerprint density at radius 1 is 1.37 bits per heavy atom. The third-order valence-electron chi connectivity index (χ3n) is 3.09. The number of carbonyl (C=O) groups excluding carboxylic acids is 1. The van der Waals surface area contributed by atoms with E-state index in [1.165, 1.54) is 0 Å². The summed E-state index contributed by atoms with van der Waals surface area (Å²) in [6, 6.07) is 7.35. The summed E-state index contributed by atoms with van der Waals surface area (Å²) in [4.78, 5) is 18.3. The molecule has 3 nitrogen and oxygen atoms in total. The van der Waals surface area contributed by atoms with E-state index in [1.807, 2.05) is 19.2 Å². The zero-order chi connectivity index (χ0) is 13.8. The maximum Gasteiger partial charge on any atom is 0.255 e. The van der Waals surface area contributed by atoms with E-state index in [0.29, 0.717) is 10.6 Å². The highest BCUT2D eigenvalue weighted by Crippen LogP contribution is 2.19. The van der Waals surface area contributed by atoms with E-state index in [9.17, 15) is 4.79 Å². The number of benzene rings is 1. The number of fused-ring (bicyclic) bond motifs is 1. The van der Waals surface area contributed by atoms with Crippen molar-refractivity contribution in [2.75, 3.05) is 13.6 Å². The summed E-state index contributed by atoms with van der Waals surface area (Å²) in [6.07, 6.45) is 3.70. The molecule has 0 atom stereocenters. The summed E-state index contributed by atoms with van der Waals surface area (Å²) < 4.78 is 0. The van der Waals surface area contributed by atoms with Crippen LogP contribution in [0.25, 0.3) is 10.9 Å². The molecule has 0 aliphatic heterocycles. The van der Waals surface area contributed by atoms with Crippen LogP contribution in [0.2, 0.25) is 5.02 Å². The molecule has 1 aromatic heterocycles. The van der Waals surface area contributed by atoms with E-state index in [0.717, 1.165) is 30.3 Å². The first-order valence-electron chi connectivity index (χ1n) is 6.42. The number of hydrogen-bond acceptors (Lipinski definition) is 2. The second-order valence-electron chi connectivity index (χ2n) is 4.64. The van der Waals surface area contributed by atoms with Gasteiger partial charge in [-0.25, -0.2) is 0 Å². The Morgan fingerprint density at radius 2 is 2.16 bits per heavy atom. The summed E-state index contributed by atoms with van der Waals surface area (Å²) in [5.74, 6) is 0.0119. The van der Waals surface area contributed by atoms with Gasteiger partial charge in [-0.3, -0.25) is 9.78 Å². The Morgan fingerprint density at radius 3 is 2.89 bits per heavy atom. The third-order valence-corrected chi connectivity index (χ3v) is 3.32. The molecule has 0 N–H and O–H groups in total. The molecular formula is C15H17ClN2O. The van der Waals surface area contributed by atoms with Crippen LogP contribution in [0.15, 0.2) is 30.5 Å². The highest BCUT2D eigenvalue weighted by atomic mass is 35.5. The average Bonchev–Trinajstić information content (AvgIpc) is 2.43. The van der Waals surface area contributed by atoms with Crippen molar-refractivity contribution in [3.63, 3.8) is 0 Å². The molecule has 0 radical (unpaired) electrons. The lowest BCUT2D eigenvalue weighted by Crippen LogP contribution is -2.27. The Labute approximate surface area is 118 Å². The number of pyridine rings is 1. The lowest BCUT2D eigenvalue weighted by atomic mass is 10.1. The SMILES string of the molecule is CCCCN(C)C(=O)c1cnc2cc(Cl)ccc2c1. The second-order valence-corrected chi connectivity index (χ2v) is 5.08. The monoisotopic (exact) mass is 276 g/mol. The van der Waals surface area contributed by atoms with Crippen molar-refractivity contribution in [3.8, 4) is 0 Å². The van der Waals surface area contributed by atoms with Crippen LogP contribution >= 0.6 is 11.6 Å².